The van der Waals surface area contributed by atoms with Gasteiger partial charge in [0.05, 0.1) is 11.5 Å². The van der Waals surface area contributed by atoms with E-state index in [9.17, 15) is 4.79 Å². The highest BCUT2D eigenvalue weighted by Crippen LogP contribution is 2.30. The van der Waals surface area contributed by atoms with Crippen molar-refractivity contribution < 1.29 is 4.79 Å². The predicted molar refractivity (Wildman–Crippen MR) is 70.0 cm³/mol. The topological polar surface area (TPSA) is 69.8 Å². The number of nitrogens with one attached hydrogen (secondary N) is 3. The number of nitrogens with zero attached hydrogens (tertiary/aromatic N) is 1. The van der Waals surface area contributed by atoms with Crippen LogP contribution in [-0.4, -0.2) is 29.0 Å². The summed E-state index contributed by atoms with van der Waals surface area (Å²) in [4.78, 5) is 19.8. The van der Waals surface area contributed by atoms with Crippen LogP contribution in [0.3, 0.4) is 0 Å². The summed E-state index contributed by atoms with van der Waals surface area (Å²) in [5.74, 6) is 0.987. The SMILES string of the molecule is CCC(NC(=O)C1(CC)CCNC1)c1ncc[nH]1. The molecule has 5 nitrogen and oxygen atoms in total. The highest BCUT2D eigenvalue weighted by Gasteiger charge is 2.40. The van der Waals surface area contributed by atoms with Gasteiger partial charge in [-0.3, -0.25) is 4.79 Å². The van der Waals surface area contributed by atoms with Gasteiger partial charge in [-0.1, -0.05) is 13.8 Å². The van der Waals surface area contributed by atoms with Crippen molar-refractivity contribution in [1.82, 2.24) is 20.6 Å². The van der Waals surface area contributed by atoms with Crippen molar-refractivity contribution >= 4 is 5.91 Å². The maximum absolute atomic E-state index is 12.5. The zero-order chi connectivity index (χ0) is 13.0. The van der Waals surface area contributed by atoms with E-state index in [0.717, 1.165) is 38.2 Å². The lowest BCUT2D eigenvalue weighted by atomic mass is 9.83. The Morgan fingerprint density at radius 1 is 1.61 bits per heavy atom. The van der Waals surface area contributed by atoms with Gasteiger partial charge < -0.3 is 15.6 Å². The molecular weight excluding hydrogens is 228 g/mol. The normalized spacial score (nSPS) is 25.0. The molecule has 0 saturated carbocycles. The van der Waals surface area contributed by atoms with E-state index in [0.29, 0.717) is 0 Å². The molecule has 1 aromatic heterocycles. The zero-order valence-electron chi connectivity index (χ0n) is 11.1. The highest BCUT2D eigenvalue weighted by atomic mass is 16.2. The molecule has 2 atom stereocenters. The van der Waals surface area contributed by atoms with Crippen molar-refractivity contribution in [2.24, 2.45) is 5.41 Å². The Kier molecular flexibility index (Phi) is 4.01. The molecule has 0 aromatic carbocycles. The van der Waals surface area contributed by atoms with E-state index >= 15 is 0 Å². The molecule has 0 aliphatic carbocycles. The first-order valence-electron chi connectivity index (χ1n) is 6.73. The number of carbonyl (C=O) groups excluding carboxylic acids is 1. The second kappa shape index (κ2) is 5.52. The molecule has 1 aliphatic heterocycles. The standard InChI is InChI=1S/C13H22N4O/c1-3-10(11-15-7-8-16-11)17-12(18)13(4-2)5-6-14-9-13/h7-8,10,14H,3-6,9H2,1-2H3,(H,15,16)(H,17,18). The summed E-state index contributed by atoms with van der Waals surface area (Å²) < 4.78 is 0. The number of imidazole rings is 1. The minimum Gasteiger partial charge on any atom is -0.347 e. The third-order valence-corrected chi connectivity index (χ3v) is 3.97. The fourth-order valence-electron chi connectivity index (χ4n) is 2.54. The average molecular weight is 250 g/mol. The molecule has 3 N–H and O–H groups in total. The van der Waals surface area contributed by atoms with Crippen molar-refractivity contribution in [3.8, 4) is 0 Å². The quantitative estimate of drug-likeness (QED) is 0.739. The first kappa shape index (κ1) is 13.1. The Balaban J connectivity index is 2.05. The molecule has 0 spiro atoms. The number of H-pyrrole nitrogens is 1. The third kappa shape index (κ3) is 2.41. The van der Waals surface area contributed by atoms with Crippen molar-refractivity contribution in [1.29, 1.82) is 0 Å². The maximum atomic E-state index is 12.5. The fourth-order valence-corrected chi connectivity index (χ4v) is 2.54. The van der Waals surface area contributed by atoms with Crippen molar-refractivity contribution in [2.75, 3.05) is 13.1 Å². The second-order valence-electron chi connectivity index (χ2n) is 4.97. The minimum atomic E-state index is -0.236. The Labute approximate surface area is 108 Å². The fraction of sp³-hybridized carbons (Fsp3) is 0.692. The van der Waals surface area contributed by atoms with Gasteiger partial charge >= 0.3 is 0 Å². The molecule has 1 fully saturated rings. The Bertz CT molecular complexity index is 382. The molecule has 2 rings (SSSR count). The highest BCUT2D eigenvalue weighted by molar-refractivity contribution is 5.83. The van der Waals surface area contributed by atoms with E-state index in [1.165, 1.54) is 0 Å². The monoisotopic (exact) mass is 250 g/mol. The van der Waals surface area contributed by atoms with E-state index in [1.54, 1.807) is 12.4 Å². The number of hydrogen-bond acceptors (Lipinski definition) is 3. The second-order valence-corrected chi connectivity index (χ2v) is 4.97. The predicted octanol–water partition coefficient (Wildman–Crippen LogP) is 1.37. The third-order valence-electron chi connectivity index (χ3n) is 3.97. The van der Waals surface area contributed by atoms with Crippen LogP contribution in [0, 0.1) is 5.41 Å². The molecule has 100 valence electrons. The molecule has 1 saturated heterocycles. The van der Waals surface area contributed by atoms with Crippen LogP contribution in [0.4, 0.5) is 0 Å². The maximum Gasteiger partial charge on any atom is 0.228 e. The summed E-state index contributed by atoms with van der Waals surface area (Å²) >= 11 is 0. The van der Waals surface area contributed by atoms with Crippen LogP contribution < -0.4 is 10.6 Å². The zero-order valence-corrected chi connectivity index (χ0v) is 11.1. The summed E-state index contributed by atoms with van der Waals surface area (Å²) in [5, 5.41) is 6.42. The van der Waals surface area contributed by atoms with Crippen LogP contribution in [0.2, 0.25) is 0 Å². The summed E-state index contributed by atoms with van der Waals surface area (Å²) in [5.41, 5.74) is -0.236. The Hall–Kier alpha value is -1.36. The van der Waals surface area contributed by atoms with Crippen LogP contribution in [0.5, 0.6) is 0 Å². The number of carbonyl (C=O) groups is 1. The van der Waals surface area contributed by atoms with Gasteiger partial charge in [-0.15, -0.1) is 0 Å². The summed E-state index contributed by atoms with van der Waals surface area (Å²) in [7, 11) is 0. The first-order valence-corrected chi connectivity index (χ1v) is 6.73. The molecule has 1 aromatic rings. The molecule has 2 heterocycles. The average Bonchev–Trinajstić information content (AvgIpc) is 3.06. The molecular formula is C13H22N4O. The van der Waals surface area contributed by atoms with Crippen LogP contribution in [-0.2, 0) is 4.79 Å². The van der Waals surface area contributed by atoms with Gasteiger partial charge in [-0.2, -0.15) is 0 Å². The van der Waals surface area contributed by atoms with Gasteiger partial charge in [-0.05, 0) is 25.8 Å². The molecule has 18 heavy (non-hydrogen) atoms. The van der Waals surface area contributed by atoms with Crippen molar-refractivity contribution in [3.63, 3.8) is 0 Å². The summed E-state index contributed by atoms with van der Waals surface area (Å²) in [6.45, 7) is 5.85. The van der Waals surface area contributed by atoms with E-state index in [2.05, 4.69) is 34.4 Å². The summed E-state index contributed by atoms with van der Waals surface area (Å²) in [6.07, 6.45) is 6.14. The van der Waals surface area contributed by atoms with Crippen molar-refractivity contribution in [3.05, 3.63) is 18.2 Å². The van der Waals surface area contributed by atoms with Crippen LogP contribution >= 0.6 is 0 Å². The molecule has 0 bridgehead atoms. The lowest BCUT2D eigenvalue weighted by Gasteiger charge is -2.27. The van der Waals surface area contributed by atoms with Crippen LogP contribution in [0.1, 0.15) is 45.0 Å². The number of amides is 1. The van der Waals surface area contributed by atoms with Crippen LogP contribution in [0.15, 0.2) is 12.4 Å². The number of aromatic nitrogens is 2. The van der Waals surface area contributed by atoms with Crippen molar-refractivity contribution in [2.45, 2.75) is 39.2 Å². The number of aromatic amines is 1. The molecule has 5 heteroatoms. The molecule has 1 amide bonds. The van der Waals surface area contributed by atoms with Gasteiger partial charge in [0.2, 0.25) is 5.91 Å². The Morgan fingerprint density at radius 2 is 2.44 bits per heavy atom. The van der Waals surface area contributed by atoms with E-state index < -0.39 is 0 Å². The first-order chi connectivity index (χ1) is 8.72. The lowest BCUT2D eigenvalue weighted by Crippen LogP contribution is -2.43. The lowest BCUT2D eigenvalue weighted by molar-refractivity contribution is -0.131. The van der Waals surface area contributed by atoms with E-state index in [4.69, 9.17) is 0 Å². The van der Waals surface area contributed by atoms with Gasteiger partial charge in [-0.25, -0.2) is 4.98 Å². The van der Waals surface area contributed by atoms with Gasteiger partial charge in [0.25, 0.3) is 0 Å². The van der Waals surface area contributed by atoms with E-state index in [1.807, 2.05) is 0 Å². The minimum absolute atomic E-state index is 0.0171. The largest absolute Gasteiger partial charge is 0.347 e. The van der Waals surface area contributed by atoms with Gasteiger partial charge in [0, 0.05) is 18.9 Å². The van der Waals surface area contributed by atoms with Gasteiger partial charge in [0.15, 0.2) is 0 Å². The number of hydrogen-bond donors (Lipinski definition) is 3. The summed E-state index contributed by atoms with van der Waals surface area (Å²) in [6, 6.07) is -0.0171. The Morgan fingerprint density at radius 3 is 2.94 bits per heavy atom. The van der Waals surface area contributed by atoms with Gasteiger partial charge in [0.1, 0.15) is 5.82 Å². The number of rotatable bonds is 5. The van der Waals surface area contributed by atoms with Crippen LogP contribution in [0.25, 0.3) is 0 Å². The molecule has 0 radical (unpaired) electrons. The molecule has 2 unspecified atom stereocenters. The molecule has 1 aliphatic rings. The smallest absolute Gasteiger partial charge is 0.228 e. The van der Waals surface area contributed by atoms with E-state index in [-0.39, 0.29) is 17.4 Å².